The van der Waals surface area contributed by atoms with Crippen molar-refractivity contribution >= 4 is 43.5 Å². The second-order valence-electron chi connectivity index (χ2n) is 3.31. The number of halogens is 1. The van der Waals surface area contributed by atoms with Crippen LogP contribution in [0.3, 0.4) is 0 Å². The second-order valence-corrected chi connectivity index (χ2v) is 7.46. The average molecular weight is 345 g/mol. The Hall–Kier alpha value is -1.18. The van der Waals surface area contributed by atoms with Crippen LogP contribution in [-0.4, -0.2) is 14.6 Å². The maximum Gasteiger partial charge on any atom is 0.276 e. The van der Waals surface area contributed by atoms with Crippen LogP contribution in [0.5, 0.6) is 0 Å². The first kappa shape index (κ1) is 13.3. The molecule has 0 aliphatic rings. The first-order chi connectivity index (χ1) is 8.58. The van der Waals surface area contributed by atoms with E-state index in [9.17, 15) is 8.42 Å². The Balaban J connectivity index is 2.08. The molecule has 4 nitrogen and oxygen atoms in total. The van der Waals surface area contributed by atoms with E-state index in [0.29, 0.717) is 0 Å². The third-order valence-corrected chi connectivity index (χ3v) is 4.81. The monoisotopic (exact) mass is 344 g/mol. The zero-order valence-electron chi connectivity index (χ0n) is 9.08. The number of hydrogen-bond acceptors (Lipinski definition) is 4. The minimum absolute atomic E-state index is 0.189. The SMILES string of the molecule is O=S(=O)(N/N=C/c1ccc(Br)s1)c1ccccc1. The number of nitrogens with one attached hydrogen (secondary N) is 1. The van der Waals surface area contributed by atoms with E-state index in [2.05, 4.69) is 25.9 Å². The summed E-state index contributed by atoms with van der Waals surface area (Å²) in [6.45, 7) is 0. The number of benzene rings is 1. The van der Waals surface area contributed by atoms with Crippen LogP contribution in [0.4, 0.5) is 0 Å². The van der Waals surface area contributed by atoms with Gasteiger partial charge in [-0.15, -0.1) is 11.3 Å². The van der Waals surface area contributed by atoms with Gasteiger partial charge in [-0.2, -0.15) is 13.5 Å². The summed E-state index contributed by atoms with van der Waals surface area (Å²) in [6, 6.07) is 11.8. The molecule has 0 spiro atoms. The molecule has 1 heterocycles. The molecule has 2 rings (SSSR count). The zero-order valence-corrected chi connectivity index (χ0v) is 12.3. The van der Waals surface area contributed by atoms with Crippen molar-refractivity contribution in [2.45, 2.75) is 4.90 Å². The molecule has 0 saturated heterocycles. The molecule has 2 aromatic rings. The molecular formula is C11H9BrN2O2S2. The first-order valence-corrected chi connectivity index (χ1v) is 8.02. The Morgan fingerprint density at radius 2 is 1.89 bits per heavy atom. The van der Waals surface area contributed by atoms with Crippen molar-refractivity contribution in [1.82, 2.24) is 4.83 Å². The van der Waals surface area contributed by atoms with Gasteiger partial charge < -0.3 is 0 Å². The predicted molar refractivity (Wildman–Crippen MR) is 76.4 cm³/mol. The van der Waals surface area contributed by atoms with Crippen molar-refractivity contribution in [2.75, 3.05) is 0 Å². The summed E-state index contributed by atoms with van der Waals surface area (Å²) < 4.78 is 24.6. The van der Waals surface area contributed by atoms with Gasteiger partial charge in [-0.25, -0.2) is 4.83 Å². The minimum atomic E-state index is -3.58. The zero-order chi connectivity index (χ0) is 13.0. The van der Waals surface area contributed by atoms with Crippen molar-refractivity contribution in [3.8, 4) is 0 Å². The van der Waals surface area contributed by atoms with Gasteiger partial charge in [0.1, 0.15) is 0 Å². The summed E-state index contributed by atoms with van der Waals surface area (Å²) in [7, 11) is -3.58. The van der Waals surface area contributed by atoms with Crippen molar-refractivity contribution in [2.24, 2.45) is 5.10 Å². The van der Waals surface area contributed by atoms with E-state index in [1.807, 2.05) is 12.1 Å². The van der Waals surface area contributed by atoms with Crippen LogP contribution in [0, 0.1) is 0 Å². The first-order valence-electron chi connectivity index (χ1n) is 4.93. The normalized spacial score (nSPS) is 11.8. The molecule has 0 bridgehead atoms. The minimum Gasteiger partial charge on any atom is -0.200 e. The highest BCUT2D eigenvalue weighted by atomic mass is 79.9. The number of hydrazone groups is 1. The van der Waals surface area contributed by atoms with Crippen LogP contribution < -0.4 is 4.83 Å². The molecule has 1 aromatic carbocycles. The van der Waals surface area contributed by atoms with Gasteiger partial charge in [0, 0.05) is 4.88 Å². The van der Waals surface area contributed by atoms with Crippen molar-refractivity contribution < 1.29 is 8.42 Å². The number of hydrogen-bond donors (Lipinski definition) is 1. The Morgan fingerprint density at radius 1 is 1.17 bits per heavy atom. The van der Waals surface area contributed by atoms with E-state index in [4.69, 9.17) is 0 Å². The van der Waals surface area contributed by atoms with Crippen LogP contribution in [-0.2, 0) is 10.0 Å². The highest BCUT2D eigenvalue weighted by molar-refractivity contribution is 9.11. The van der Waals surface area contributed by atoms with Gasteiger partial charge >= 0.3 is 0 Å². The van der Waals surface area contributed by atoms with Gasteiger partial charge in [-0.05, 0) is 40.2 Å². The molecule has 0 amide bonds. The molecule has 18 heavy (non-hydrogen) atoms. The van der Waals surface area contributed by atoms with Crippen molar-refractivity contribution in [1.29, 1.82) is 0 Å². The van der Waals surface area contributed by atoms with Crippen molar-refractivity contribution in [3.05, 3.63) is 51.1 Å². The number of nitrogens with zero attached hydrogens (tertiary/aromatic N) is 1. The van der Waals surface area contributed by atoms with Gasteiger partial charge in [0.05, 0.1) is 14.9 Å². The highest BCUT2D eigenvalue weighted by Gasteiger charge is 2.10. The molecule has 0 fully saturated rings. The lowest BCUT2D eigenvalue weighted by molar-refractivity contribution is 0.584. The number of rotatable bonds is 4. The number of sulfonamides is 1. The van der Waals surface area contributed by atoms with E-state index < -0.39 is 10.0 Å². The molecule has 1 aromatic heterocycles. The van der Waals surface area contributed by atoms with Crippen molar-refractivity contribution in [3.63, 3.8) is 0 Å². The Morgan fingerprint density at radius 3 is 2.50 bits per heavy atom. The summed E-state index contributed by atoms with van der Waals surface area (Å²) in [5.41, 5.74) is 0. The van der Waals surface area contributed by atoms with Crippen LogP contribution in [0.15, 0.2) is 56.2 Å². The summed E-state index contributed by atoms with van der Waals surface area (Å²) in [6.07, 6.45) is 1.47. The summed E-state index contributed by atoms with van der Waals surface area (Å²) >= 11 is 4.79. The molecule has 0 atom stereocenters. The maximum absolute atomic E-state index is 11.8. The second kappa shape index (κ2) is 5.64. The molecule has 94 valence electrons. The lowest BCUT2D eigenvalue weighted by Gasteiger charge is -2.01. The van der Waals surface area contributed by atoms with E-state index in [-0.39, 0.29) is 4.90 Å². The van der Waals surface area contributed by atoms with Crippen LogP contribution in [0.1, 0.15) is 4.88 Å². The van der Waals surface area contributed by atoms with Crippen LogP contribution >= 0.6 is 27.3 Å². The third-order valence-electron chi connectivity index (χ3n) is 2.01. The summed E-state index contributed by atoms with van der Waals surface area (Å²) in [4.78, 5) is 3.21. The molecule has 0 aliphatic carbocycles. The van der Waals surface area contributed by atoms with Gasteiger partial charge in [0.2, 0.25) is 0 Å². The average Bonchev–Trinajstić information content (AvgIpc) is 2.76. The van der Waals surface area contributed by atoms with E-state index >= 15 is 0 Å². The van der Waals surface area contributed by atoms with Gasteiger partial charge in [-0.3, -0.25) is 0 Å². The van der Waals surface area contributed by atoms with Gasteiger partial charge in [-0.1, -0.05) is 18.2 Å². The quantitative estimate of drug-likeness (QED) is 0.684. The van der Waals surface area contributed by atoms with E-state index in [1.165, 1.54) is 29.7 Å². The Labute approximate surface area is 118 Å². The fraction of sp³-hybridized carbons (Fsp3) is 0. The number of thiophene rings is 1. The van der Waals surface area contributed by atoms with E-state index in [0.717, 1.165) is 8.66 Å². The van der Waals surface area contributed by atoms with Crippen LogP contribution in [0.25, 0.3) is 0 Å². The molecule has 0 unspecified atom stereocenters. The molecule has 0 radical (unpaired) electrons. The van der Waals surface area contributed by atoms with Gasteiger partial charge in [0.15, 0.2) is 0 Å². The lowest BCUT2D eigenvalue weighted by atomic mass is 10.4. The van der Waals surface area contributed by atoms with Crippen LogP contribution in [0.2, 0.25) is 0 Å². The molecule has 1 N–H and O–H groups in total. The Bertz CT molecular complexity index is 651. The maximum atomic E-state index is 11.8. The lowest BCUT2D eigenvalue weighted by Crippen LogP contribution is -2.18. The Kier molecular flexibility index (Phi) is 4.15. The standard InChI is InChI=1S/C11H9BrN2O2S2/c12-11-7-6-9(17-11)8-13-14-18(15,16)10-4-2-1-3-5-10/h1-8,14H/b13-8+. The summed E-state index contributed by atoms with van der Waals surface area (Å²) in [5, 5.41) is 3.73. The molecule has 0 saturated carbocycles. The largest absolute Gasteiger partial charge is 0.276 e. The fourth-order valence-electron chi connectivity index (χ4n) is 1.21. The smallest absolute Gasteiger partial charge is 0.200 e. The molecular weight excluding hydrogens is 336 g/mol. The predicted octanol–water partition coefficient (Wildman–Crippen LogP) is 2.82. The third kappa shape index (κ3) is 3.41. The highest BCUT2D eigenvalue weighted by Crippen LogP contribution is 2.20. The topological polar surface area (TPSA) is 58.5 Å². The van der Waals surface area contributed by atoms with E-state index in [1.54, 1.807) is 18.2 Å². The summed E-state index contributed by atoms with van der Waals surface area (Å²) in [5.74, 6) is 0. The molecule has 7 heteroatoms. The molecule has 0 aliphatic heterocycles. The fourth-order valence-corrected chi connectivity index (χ4v) is 3.32. The van der Waals surface area contributed by atoms with Gasteiger partial charge in [0.25, 0.3) is 10.0 Å².